The van der Waals surface area contributed by atoms with Gasteiger partial charge in [0.2, 0.25) is 0 Å². The van der Waals surface area contributed by atoms with E-state index in [1.165, 1.54) is 17.1 Å². The Morgan fingerprint density at radius 3 is 2.52 bits per heavy atom. The van der Waals surface area contributed by atoms with E-state index in [9.17, 15) is 9.59 Å². The molecule has 2 aromatic rings. The molecule has 0 aliphatic rings. The number of nitrogens with zero attached hydrogens (tertiary/aromatic N) is 2. The van der Waals surface area contributed by atoms with Gasteiger partial charge < -0.3 is 15.7 Å². The first kappa shape index (κ1) is 15.5. The summed E-state index contributed by atoms with van der Waals surface area (Å²) in [5.41, 5.74) is 0.991. The molecule has 7 nitrogen and oxygen atoms in total. The highest BCUT2D eigenvalue weighted by atomic mass is 79.9. The van der Waals surface area contributed by atoms with Gasteiger partial charge >= 0.3 is 12.0 Å². The molecule has 1 aromatic carbocycles. The molecular weight excluding hydrogens is 408 g/mol. The number of para-hydroxylation sites is 1. The van der Waals surface area contributed by atoms with Crippen molar-refractivity contribution in [2.75, 3.05) is 10.6 Å². The van der Waals surface area contributed by atoms with E-state index >= 15 is 0 Å². The number of hydrogen-bond donors (Lipinski definition) is 3. The Balaban J connectivity index is 2.02. The van der Waals surface area contributed by atoms with E-state index in [-0.39, 0.29) is 6.54 Å². The van der Waals surface area contributed by atoms with E-state index in [2.05, 4.69) is 47.6 Å². The van der Waals surface area contributed by atoms with Gasteiger partial charge in [-0.25, -0.2) is 4.79 Å². The number of aromatic nitrogens is 2. The lowest BCUT2D eigenvalue weighted by atomic mass is 10.3. The molecule has 110 valence electrons. The Morgan fingerprint density at radius 2 is 1.90 bits per heavy atom. The Hall–Kier alpha value is -1.87. The molecule has 1 aromatic heterocycles. The molecule has 21 heavy (non-hydrogen) atoms. The van der Waals surface area contributed by atoms with Gasteiger partial charge in [-0.15, -0.1) is 0 Å². The molecule has 3 N–H and O–H groups in total. The molecule has 0 saturated heterocycles. The summed E-state index contributed by atoms with van der Waals surface area (Å²) in [6.45, 7) is -0.265. The van der Waals surface area contributed by atoms with Gasteiger partial charge in [0.1, 0.15) is 6.54 Å². The van der Waals surface area contributed by atoms with Crippen LogP contribution in [0, 0.1) is 0 Å². The number of halogens is 2. The molecule has 1 heterocycles. The average Bonchev–Trinajstić information content (AvgIpc) is 2.80. The van der Waals surface area contributed by atoms with Gasteiger partial charge in [-0.05, 0) is 44.0 Å². The van der Waals surface area contributed by atoms with Crippen LogP contribution in [0.15, 0.2) is 39.5 Å². The first-order valence-corrected chi connectivity index (χ1v) is 7.30. The van der Waals surface area contributed by atoms with Crippen LogP contribution < -0.4 is 10.6 Å². The molecule has 0 radical (unpaired) electrons. The van der Waals surface area contributed by atoms with Gasteiger partial charge in [-0.3, -0.25) is 9.48 Å². The largest absolute Gasteiger partial charge is 0.480 e. The molecule has 2 amide bonds. The molecule has 0 saturated carbocycles. The average molecular weight is 418 g/mol. The van der Waals surface area contributed by atoms with Crippen molar-refractivity contribution in [1.82, 2.24) is 9.78 Å². The lowest BCUT2D eigenvalue weighted by Gasteiger charge is -2.09. The third-order valence-electron chi connectivity index (χ3n) is 2.39. The van der Waals surface area contributed by atoms with Crippen molar-refractivity contribution >= 4 is 55.2 Å². The number of carboxylic acids is 1. The highest BCUT2D eigenvalue weighted by Gasteiger charge is 2.10. The van der Waals surface area contributed by atoms with E-state index < -0.39 is 12.0 Å². The van der Waals surface area contributed by atoms with Crippen LogP contribution >= 0.6 is 31.9 Å². The zero-order valence-corrected chi connectivity index (χ0v) is 13.7. The van der Waals surface area contributed by atoms with Crippen molar-refractivity contribution in [3.8, 4) is 0 Å². The molecule has 0 fully saturated rings. The Bertz CT molecular complexity index is 667. The fourth-order valence-corrected chi connectivity index (χ4v) is 2.74. The van der Waals surface area contributed by atoms with Gasteiger partial charge in [0.05, 0.1) is 17.6 Å². The summed E-state index contributed by atoms with van der Waals surface area (Å²) < 4.78 is 2.67. The molecule has 0 atom stereocenters. The first-order valence-electron chi connectivity index (χ1n) is 5.72. The maximum absolute atomic E-state index is 11.9. The number of anilines is 2. The van der Waals surface area contributed by atoms with Crippen LogP contribution in [0.4, 0.5) is 16.2 Å². The first-order chi connectivity index (χ1) is 9.95. The van der Waals surface area contributed by atoms with Crippen molar-refractivity contribution in [2.24, 2.45) is 0 Å². The summed E-state index contributed by atoms with van der Waals surface area (Å²) in [7, 11) is 0. The molecule has 9 heteroatoms. The van der Waals surface area contributed by atoms with Crippen LogP contribution in [-0.4, -0.2) is 26.9 Å². The second kappa shape index (κ2) is 6.72. The number of urea groups is 1. The summed E-state index contributed by atoms with van der Waals surface area (Å²) in [4.78, 5) is 22.4. The minimum Gasteiger partial charge on any atom is -0.480 e. The van der Waals surface area contributed by atoms with Crippen LogP contribution in [0.3, 0.4) is 0 Å². The molecule has 0 aliphatic heterocycles. The van der Waals surface area contributed by atoms with E-state index in [1.807, 2.05) is 6.07 Å². The number of carbonyl (C=O) groups is 2. The van der Waals surface area contributed by atoms with E-state index in [0.717, 1.165) is 8.95 Å². The van der Waals surface area contributed by atoms with Gasteiger partial charge in [0.15, 0.2) is 0 Å². The molecule has 0 unspecified atom stereocenters. The fourth-order valence-electron chi connectivity index (χ4n) is 1.55. The third-order valence-corrected chi connectivity index (χ3v) is 3.71. The number of carboxylic acid groups (broad SMARTS) is 1. The number of nitrogens with one attached hydrogen (secondary N) is 2. The Labute approximate surface area is 136 Å². The van der Waals surface area contributed by atoms with Crippen molar-refractivity contribution in [3.05, 3.63) is 39.5 Å². The minimum atomic E-state index is -1.01. The summed E-state index contributed by atoms with van der Waals surface area (Å²) >= 11 is 6.68. The van der Waals surface area contributed by atoms with Crippen LogP contribution in [0.1, 0.15) is 0 Å². The highest BCUT2D eigenvalue weighted by molar-refractivity contribution is 9.11. The number of amides is 2. The SMILES string of the molecule is O=C(O)Cn1cc(NC(=O)Nc2c(Br)cccc2Br)cn1. The smallest absolute Gasteiger partial charge is 0.325 e. The standard InChI is InChI=1S/C12H10Br2N4O3/c13-8-2-1-3-9(14)11(8)17-12(21)16-7-4-15-18(5-7)6-10(19)20/h1-5H,6H2,(H,19,20)(H2,16,17,21). The normalized spacial score (nSPS) is 10.2. The number of rotatable bonds is 4. The van der Waals surface area contributed by atoms with Crippen LogP contribution in [0.5, 0.6) is 0 Å². The van der Waals surface area contributed by atoms with Crippen molar-refractivity contribution in [1.29, 1.82) is 0 Å². The van der Waals surface area contributed by atoms with Crippen LogP contribution in [0.25, 0.3) is 0 Å². The van der Waals surface area contributed by atoms with E-state index in [4.69, 9.17) is 5.11 Å². The monoisotopic (exact) mass is 416 g/mol. The number of carbonyl (C=O) groups excluding carboxylic acids is 1. The maximum Gasteiger partial charge on any atom is 0.325 e. The lowest BCUT2D eigenvalue weighted by molar-refractivity contribution is -0.137. The molecule has 0 bridgehead atoms. The molecular formula is C12H10Br2N4O3. The van der Waals surface area contributed by atoms with Crippen molar-refractivity contribution in [2.45, 2.75) is 6.54 Å². The predicted molar refractivity (Wildman–Crippen MR) is 84.3 cm³/mol. The van der Waals surface area contributed by atoms with Gasteiger partial charge in [0.25, 0.3) is 0 Å². The second-order valence-corrected chi connectivity index (χ2v) is 5.70. The minimum absolute atomic E-state index is 0.265. The summed E-state index contributed by atoms with van der Waals surface area (Å²) in [6, 6.07) is 4.96. The Morgan fingerprint density at radius 1 is 1.24 bits per heavy atom. The molecule has 0 aliphatic carbocycles. The van der Waals surface area contributed by atoms with Crippen molar-refractivity contribution < 1.29 is 14.7 Å². The maximum atomic E-state index is 11.9. The highest BCUT2D eigenvalue weighted by Crippen LogP contribution is 2.30. The van der Waals surface area contributed by atoms with Gasteiger partial charge in [0, 0.05) is 15.1 Å². The topological polar surface area (TPSA) is 96.2 Å². The van der Waals surface area contributed by atoms with Crippen LogP contribution in [-0.2, 0) is 11.3 Å². The van der Waals surface area contributed by atoms with Crippen LogP contribution in [0.2, 0.25) is 0 Å². The van der Waals surface area contributed by atoms with E-state index in [1.54, 1.807) is 12.1 Å². The molecule has 0 spiro atoms. The number of aliphatic carboxylic acids is 1. The predicted octanol–water partition coefficient (Wildman–Crippen LogP) is 3.14. The number of hydrogen-bond acceptors (Lipinski definition) is 3. The zero-order chi connectivity index (χ0) is 15.4. The summed E-state index contributed by atoms with van der Waals surface area (Å²) in [5, 5.41) is 17.7. The second-order valence-electron chi connectivity index (χ2n) is 4.00. The van der Waals surface area contributed by atoms with Crippen molar-refractivity contribution in [3.63, 3.8) is 0 Å². The zero-order valence-electron chi connectivity index (χ0n) is 10.5. The fraction of sp³-hybridized carbons (Fsp3) is 0.0833. The summed E-state index contributed by atoms with van der Waals surface area (Å²) in [5.74, 6) is -1.01. The van der Waals surface area contributed by atoms with Gasteiger partial charge in [-0.1, -0.05) is 6.07 Å². The van der Waals surface area contributed by atoms with Gasteiger partial charge in [-0.2, -0.15) is 5.10 Å². The summed E-state index contributed by atoms with van der Waals surface area (Å²) in [6.07, 6.45) is 2.81. The molecule has 2 rings (SSSR count). The Kier molecular flexibility index (Phi) is 4.97. The number of benzene rings is 1. The third kappa shape index (κ3) is 4.30. The van der Waals surface area contributed by atoms with E-state index in [0.29, 0.717) is 11.4 Å². The lowest BCUT2D eigenvalue weighted by Crippen LogP contribution is -2.19. The quantitative estimate of drug-likeness (QED) is 0.711.